The molecule has 3 rings (SSSR count). The number of likely N-dealkylation sites (tertiary alicyclic amines) is 1. The van der Waals surface area contributed by atoms with Crippen molar-refractivity contribution >= 4 is 23.5 Å². The third-order valence-electron chi connectivity index (χ3n) is 5.40. The number of nitrogens with zero attached hydrogens (tertiary/aromatic N) is 2. The molecule has 0 atom stereocenters. The third kappa shape index (κ3) is 5.63. The molecule has 2 aromatic rings. The lowest BCUT2D eigenvalue weighted by molar-refractivity contribution is -0.141. The molecule has 1 aliphatic heterocycles. The number of amides is 2. The summed E-state index contributed by atoms with van der Waals surface area (Å²) >= 11 is 0. The van der Waals surface area contributed by atoms with Crippen LogP contribution in [0, 0.1) is 5.92 Å². The van der Waals surface area contributed by atoms with Crippen LogP contribution in [-0.4, -0.2) is 56.0 Å². The number of hydrogen-bond donors (Lipinski definition) is 0. The Balaban J connectivity index is 1.65. The third-order valence-corrected chi connectivity index (χ3v) is 5.40. The maximum Gasteiger partial charge on any atom is 0.326 e. The number of carbonyl (C=O) groups is 3. The highest BCUT2D eigenvalue weighted by Gasteiger charge is 2.31. The number of methoxy groups -OCH3 is 1. The van der Waals surface area contributed by atoms with Gasteiger partial charge in [0, 0.05) is 30.3 Å². The molecule has 1 fully saturated rings. The summed E-state index contributed by atoms with van der Waals surface area (Å²) in [7, 11) is 1.59. The molecule has 1 saturated heterocycles. The Hall–Kier alpha value is -3.35. The van der Waals surface area contributed by atoms with Gasteiger partial charge in [-0.25, -0.2) is 4.79 Å². The molecule has 1 heterocycles. The molecule has 0 radical (unpaired) electrons. The van der Waals surface area contributed by atoms with Gasteiger partial charge >= 0.3 is 12.0 Å². The Morgan fingerprint density at radius 1 is 1.00 bits per heavy atom. The van der Waals surface area contributed by atoms with Crippen LogP contribution in [0.15, 0.2) is 54.6 Å². The van der Waals surface area contributed by atoms with E-state index in [0.717, 1.165) is 0 Å². The van der Waals surface area contributed by atoms with Crippen molar-refractivity contribution in [1.82, 2.24) is 4.90 Å². The van der Waals surface area contributed by atoms with Crippen LogP contribution in [0.1, 0.15) is 30.1 Å². The van der Waals surface area contributed by atoms with Gasteiger partial charge in [0.15, 0.2) is 5.78 Å². The molecule has 0 aromatic heterocycles. The number of Topliss-reactive ketones (excluding diaryl/α,β-unsaturated/α-hetero) is 1. The first-order valence-corrected chi connectivity index (χ1v) is 10.5. The molecule has 164 valence electrons. The van der Waals surface area contributed by atoms with Gasteiger partial charge < -0.3 is 14.4 Å². The highest BCUT2D eigenvalue weighted by molar-refractivity contribution is 5.99. The fourth-order valence-electron chi connectivity index (χ4n) is 3.71. The van der Waals surface area contributed by atoms with Crippen molar-refractivity contribution in [3.05, 3.63) is 60.2 Å². The number of urea groups is 1. The van der Waals surface area contributed by atoms with Crippen LogP contribution < -0.4 is 9.64 Å². The number of anilines is 1. The lowest BCUT2D eigenvalue weighted by atomic mass is 9.89. The molecule has 7 nitrogen and oxygen atoms in total. The van der Waals surface area contributed by atoms with Gasteiger partial charge in [-0.3, -0.25) is 14.5 Å². The average Bonchev–Trinajstić information content (AvgIpc) is 2.82. The zero-order valence-electron chi connectivity index (χ0n) is 18.0. The predicted octanol–water partition coefficient (Wildman–Crippen LogP) is 3.78. The number of rotatable bonds is 7. The zero-order chi connectivity index (χ0) is 22.2. The molecule has 2 amide bonds. The van der Waals surface area contributed by atoms with Gasteiger partial charge in [-0.1, -0.05) is 18.2 Å². The van der Waals surface area contributed by atoms with E-state index in [1.54, 1.807) is 55.3 Å². The topological polar surface area (TPSA) is 76.2 Å². The molecular weight excluding hydrogens is 396 g/mol. The number of hydrogen-bond acceptors (Lipinski definition) is 5. The van der Waals surface area contributed by atoms with E-state index < -0.39 is 5.97 Å². The number of esters is 1. The first-order chi connectivity index (χ1) is 15.0. The normalized spacial score (nSPS) is 14.1. The minimum atomic E-state index is -0.454. The Morgan fingerprint density at radius 2 is 1.65 bits per heavy atom. The lowest BCUT2D eigenvalue weighted by Gasteiger charge is -2.35. The van der Waals surface area contributed by atoms with E-state index in [1.165, 1.54) is 4.90 Å². The largest absolute Gasteiger partial charge is 0.497 e. The second-order valence-corrected chi connectivity index (χ2v) is 7.36. The Kier molecular flexibility index (Phi) is 7.65. The van der Waals surface area contributed by atoms with Crippen LogP contribution >= 0.6 is 0 Å². The number of piperidine rings is 1. The van der Waals surface area contributed by atoms with Crippen LogP contribution in [0.3, 0.4) is 0 Å². The molecule has 7 heteroatoms. The summed E-state index contributed by atoms with van der Waals surface area (Å²) in [6.07, 6.45) is 1.16. The maximum atomic E-state index is 13.2. The molecule has 0 spiro atoms. The van der Waals surface area contributed by atoms with E-state index in [1.807, 2.05) is 18.2 Å². The van der Waals surface area contributed by atoms with Gasteiger partial charge in [0.1, 0.15) is 12.3 Å². The first-order valence-electron chi connectivity index (χ1n) is 10.5. The summed E-state index contributed by atoms with van der Waals surface area (Å²) in [5.41, 5.74) is 1.29. The van der Waals surface area contributed by atoms with E-state index in [-0.39, 0.29) is 30.9 Å². The van der Waals surface area contributed by atoms with Crippen LogP contribution in [0.5, 0.6) is 5.75 Å². The standard InChI is InChI=1S/C24H28N2O5/c1-3-31-22(27)17-26(20-7-5-4-6-8-20)24(29)25-15-13-19(14-16-25)23(28)18-9-11-21(30-2)12-10-18/h4-12,19H,3,13-17H2,1-2H3. The van der Waals surface area contributed by atoms with Crippen LogP contribution in [0.2, 0.25) is 0 Å². The van der Waals surface area contributed by atoms with Crippen LogP contribution in [0.25, 0.3) is 0 Å². The molecule has 2 aromatic carbocycles. The van der Waals surface area contributed by atoms with Crippen molar-refractivity contribution in [3.63, 3.8) is 0 Å². The molecule has 31 heavy (non-hydrogen) atoms. The van der Waals surface area contributed by atoms with Crippen molar-refractivity contribution in [3.8, 4) is 5.75 Å². The monoisotopic (exact) mass is 424 g/mol. The van der Waals surface area contributed by atoms with Crippen molar-refractivity contribution in [2.75, 3.05) is 38.3 Å². The lowest BCUT2D eigenvalue weighted by Crippen LogP contribution is -2.49. The summed E-state index contributed by atoms with van der Waals surface area (Å²) in [5, 5.41) is 0. The summed E-state index contributed by atoms with van der Waals surface area (Å²) in [5.74, 6) is 0.206. The van der Waals surface area contributed by atoms with Crippen molar-refractivity contribution < 1.29 is 23.9 Å². The molecule has 0 aliphatic carbocycles. The van der Waals surface area contributed by atoms with Gasteiger partial charge in [-0.15, -0.1) is 0 Å². The smallest absolute Gasteiger partial charge is 0.326 e. The quantitative estimate of drug-likeness (QED) is 0.499. The zero-order valence-corrected chi connectivity index (χ0v) is 18.0. The van der Waals surface area contributed by atoms with Gasteiger partial charge in [0.2, 0.25) is 0 Å². The van der Waals surface area contributed by atoms with Crippen molar-refractivity contribution in [2.45, 2.75) is 19.8 Å². The summed E-state index contributed by atoms with van der Waals surface area (Å²) in [6, 6.07) is 15.9. The van der Waals surface area contributed by atoms with E-state index in [0.29, 0.717) is 42.9 Å². The minimum absolute atomic E-state index is 0.0844. The second kappa shape index (κ2) is 10.6. The van der Waals surface area contributed by atoms with E-state index in [4.69, 9.17) is 9.47 Å². The first kappa shape index (κ1) is 22.3. The Morgan fingerprint density at radius 3 is 2.23 bits per heavy atom. The average molecular weight is 424 g/mol. The van der Waals surface area contributed by atoms with Crippen LogP contribution in [0.4, 0.5) is 10.5 Å². The SMILES string of the molecule is CCOC(=O)CN(C(=O)N1CCC(C(=O)c2ccc(OC)cc2)CC1)c1ccccc1. The molecule has 0 N–H and O–H groups in total. The molecule has 0 saturated carbocycles. The summed E-state index contributed by atoms with van der Waals surface area (Å²) < 4.78 is 10.2. The number of ketones is 1. The molecule has 0 bridgehead atoms. The molecule has 1 aliphatic rings. The van der Waals surface area contributed by atoms with Gasteiger partial charge in [-0.05, 0) is 56.2 Å². The van der Waals surface area contributed by atoms with Crippen LogP contribution in [-0.2, 0) is 9.53 Å². The van der Waals surface area contributed by atoms with E-state index in [9.17, 15) is 14.4 Å². The highest BCUT2D eigenvalue weighted by atomic mass is 16.5. The number of benzene rings is 2. The second-order valence-electron chi connectivity index (χ2n) is 7.36. The van der Waals surface area contributed by atoms with Gasteiger partial charge in [0.05, 0.1) is 13.7 Å². The number of para-hydroxylation sites is 1. The fraction of sp³-hybridized carbons (Fsp3) is 0.375. The summed E-state index contributed by atoms with van der Waals surface area (Å²) in [6.45, 7) is 2.75. The van der Waals surface area contributed by atoms with Crippen molar-refractivity contribution in [1.29, 1.82) is 0 Å². The Labute approximate surface area is 182 Å². The maximum absolute atomic E-state index is 13.2. The van der Waals surface area contributed by atoms with Crippen molar-refractivity contribution in [2.24, 2.45) is 5.92 Å². The van der Waals surface area contributed by atoms with Gasteiger partial charge in [0.25, 0.3) is 0 Å². The molecular formula is C24H28N2O5. The summed E-state index contributed by atoms with van der Waals surface area (Å²) in [4.78, 5) is 41.2. The fourth-order valence-corrected chi connectivity index (χ4v) is 3.71. The number of carbonyl (C=O) groups excluding carboxylic acids is 3. The Bertz CT molecular complexity index is 890. The molecule has 0 unspecified atom stereocenters. The number of ether oxygens (including phenoxy) is 2. The van der Waals surface area contributed by atoms with Gasteiger partial charge in [-0.2, -0.15) is 0 Å². The highest BCUT2D eigenvalue weighted by Crippen LogP contribution is 2.25. The van der Waals surface area contributed by atoms with E-state index in [2.05, 4.69) is 0 Å². The van der Waals surface area contributed by atoms with E-state index >= 15 is 0 Å². The predicted molar refractivity (Wildman–Crippen MR) is 117 cm³/mol. The minimum Gasteiger partial charge on any atom is -0.497 e.